The quantitative estimate of drug-likeness (QED) is 0.145. The number of hydrogen-bond donors (Lipinski definition) is 4. The second-order valence-electron chi connectivity index (χ2n) is 10.8. The lowest BCUT2D eigenvalue weighted by Gasteiger charge is -2.19. The number of nitrogens with zero attached hydrogens (tertiary/aromatic N) is 1. The van der Waals surface area contributed by atoms with Gasteiger partial charge in [-0.15, -0.1) is 0 Å². The molecule has 2 unspecified atom stereocenters. The Hall–Kier alpha value is -4.27. The van der Waals surface area contributed by atoms with E-state index in [4.69, 9.17) is 5.11 Å². The maximum Gasteiger partial charge on any atom is 0.305 e. The summed E-state index contributed by atoms with van der Waals surface area (Å²) in [7, 11) is 0. The molecule has 1 heterocycles. The Labute approximate surface area is 252 Å². The number of amides is 1. The Kier molecular flexibility index (Phi) is 12.7. The number of carbonyl (C=O) groups excluding carboxylic acids is 1. The largest absolute Gasteiger partial charge is 0.481 e. The third-order valence-electron chi connectivity index (χ3n) is 6.95. The van der Waals surface area contributed by atoms with Crippen LogP contribution in [0.3, 0.4) is 0 Å². The molecule has 0 aliphatic rings. The number of carbonyl (C=O) groups is 2. The zero-order valence-corrected chi connectivity index (χ0v) is 24.9. The van der Waals surface area contributed by atoms with Crippen molar-refractivity contribution in [3.8, 4) is 0 Å². The highest BCUT2D eigenvalue weighted by Crippen LogP contribution is 2.33. The summed E-state index contributed by atoms with van der Waals surface area (Å²) in [5, 5.41) is 32.8. The number of allylic oxidation sites excluding steroid dienone is 5. The molecule has 8 heteroatoms. The van der Waals surface area contributed by atoms with Gasteiger partial charge in [-0.3, -0.25) is 9.59 Å². The summed E-state index contributed by atoms with van der Waals surface area (Å²) in [6.07, 6.45) is 5.62. The Morgan fingerprint density at radius 1 is 1.00 bits per heavy atom. The molecule has 4 N–H and O–H groups in total. The summed E-state index contributed by atoms with van der Waals surface area (Å²) in [6.45, 7) is 5.99. The van der Waals surface area contributed by atoms with Gasteiger partial charge < -0.3 is 25.2 Å². The normalized spacial score (nSPS) is 13.6. The van der Waals surface area contributed by atoms with E-state index in [1.54, 1.807) is 25.2 Å². The van der Waals surface area contributed by atoms with Crippen molar-refractivity contribution in [1.29, 1.82) is 0 Å². The molecule has 0 aliphatic heterocycles. The second-order valence-corrected chi connectivity index (χ2v) is 10.8. The topological polar surface area (TPSA) is 112 Å². The second kappa shape index (κ2) is 16.4. The molecule has 0 aliphatic carbocycles. The highest BCUT2D eigenvalue weighted by atomic mass is 19.1. The molecule has 0 radical (unpaired) electrons. The van der Waals surface area contributed by atoms with Gasteiger partial charge in [-0.25, -0.2) is 4.39 Å². The van der Waals surface area contributed by atoms with Gasteiger partial charge in [-0.05, 0) is 67.2 Å². The number of rotatable bonds is 15. The van der Waals surface area contributed by atoms with E-state index in [-0.39, 0.29) is 31.2 Å². The summed E-state index contributed by atoms with van der Waals surface area (Å²) >= 11 is 0. The maximum absolute atomic E-state index is 14.3. The van der Waals surface area contributed by atoms with Crippen molar-refractivity contribution in [2.45, 2.75) is 71.1 Å². The van der Waals surface area contributed by atoms with E-state index in [9.17, 15) is 24.2 Å². The van der Waals surface area contributed by atoms with Crippen LogP contribution in [0, 0.1) is 0 Å². The van der Waals surface area contributed by atoms with E-state index in [2.05, 4.69) is 5.32 Å². The van der Waals surface area contributed by atoms with E-state index in [1.807, 2.05) is 79.1 Å². The zero-order valence-electron chi connectivity index (χ0n) is 24.9. The van der Waals surface area contributed by atoms with Crippen LogP contribution in [0.2, 0.25) is 0 Å². The van der Waals surface area contributed by atoms with Crippen molar-refractivity contribution < 1.29 is 29.3 Å². The summed E-state index contributed by atoms with van der Waals surface area (Å²) in [5.74, 6) is -1.94. The van der Waals surface area contributed by atoms with Gasteiger partial charge >= 0.3 is 5.97 Å². The number of aliphatic carboxylic acids is 1. The summed E-state index contributed by atoms with van der Waals surface area (Å²) in [4.78, 5) is 25.0. The third kappa shape index (κ3) is 9.91. The van der Waals surface area contributed by atoms with E-state index < -0.39 is 30.4 Å². The Morgan fingerprint density at radius 3 is 2.26 bits per heavy atom. The minimum Gasteiger partial charge on any atom is -0.481 e. The van der Waals surface area contributed by atoms with Crippen molar-refractivity contribution >= 4 is 23.6 Å². The van der Waals surface area contributed by atoms with Gasteiger partial charge in [0.15, 0.2) is 0 Å². The first-order valence-corrected chi connectivity index (χ1v) is 14.5. The molecule has 0 bridgehead atoms. The molecule has 0 saturated carbocycles. The first-order chi connectivity index (χ1) is 20.6. The van der Waals surface area contributed by atoms with E-state index in [0.29, 0.717) is 23.4 Å². The van der Waals surface area contributed by atoms with Gasteiger partial charge in [0.25, 0.3) is 5.91 Å². The smallest absolute Gasteiger partial charge is 0.305 e. The fourth-order valence-corrected chi connectivity index (χ4v) is 5.13. The summed E-state index contributed by atoms with van der Waals surface area (Å²) in [6, 6.07) is 18.9. The number of aliphatic hydroxyl groups excluding tert-OH is 2. The maximum atomic E-state index is 14.3. The monoisotopic (exact) mass is 588 g/mol. The van der Waals surface area contributed by atoms with Crippen LogP contribution in [-0.4, -0.2) is 44.0 Å². The molecule has 0 saturated heterocycles. The van der Waals surface area contributed by atoms with Crippen LogP contribution in [-0.2, 0) is 17.8 Å². The minimum absolute atomic E-state index is 0.0920. The molecule has 7 nitrogen and oxygen atoms in total. The van der Waals surface area contributed by atoms with Gasteiger partial charge in [-0.2, -0.15) is 0 Å². The molecule has 3 rings (SSSR count). The van der Waals surface area contributed by atoms with Crippen LogP contribution in [0.4, 0.5) is 10.1 Å². The van der Waals surface area contributed by atoms with Crippen molar-refractivity contribution in [2.75, 3.05) is 5.32 Å². The average Bonchev–Trinajstić information content (AvgIpc) is 3.25. The number of hydrogen-bond acceptors (Lipinski definition) is 4. The fraction of sp³-hybridized carbons (Fsp3) is 0.314. The number of halogens is 1. The highest BCUT2D eigenvalue weighted by Gasteiger charge is 2.28. The minimum atomic E-state index is -1.18. The predicted octanol–water partition coefficient (Wildman–Crippen LogP) is 6.87. The predicted molar refractivity (Wildman–Crippen MR) is 169 cm³/mol. The standard InChI is InChI=1S/C35H41FN2O5/c1-4-12-26(36)15-11-18-31-30(21-25-13-7-5-8-14-25)33(35(43)37-27-16-9-6-10-17-27)34(24(2)3)38(31)20-19-28(39)22-29(40)23-32(41)42/h4-18,24,28-29,39-40H,19-23H2,1-3H3,(H,37,43)(H,41,42)/b12-4-,18-11+,26-15+. The molecule has 0 fully saturated rings. The molecule has 1 amide bonds. The highest BCUT2D eigenvalue weighted by molar-refractivity contribution is 6.07. The first-order valence-electron chi connectivity index (χ1n) is 14.5. The molecule has 1 aromatic heterocycles. The number of carboxylic acids is 1. The molecule has 3 aromatic rings. The van der Waals surface area contributed by atoms with E-state index in [1.165, 1.54) is 12.2 Å². The lowest BCUT2D eigenvalue weighted by atomic mass is 9.96. The SMILES string of the molecule is C\C=C/C(F)=C\C=C\c1c(Cc2ccccc2)c(C(=O)Nc2ccccc2)c(C(C)C)n1CCC(O)CC(O)CC(=O)O. The van der Waals surface area contributed by atoms with Crippen LogP contribution in [0.1, 0.15) is 78.8 Å². The Bertz CT molecular complexity index is 1440. The van der Waals surface area contributed by atoms with Crippen LogP contribution < -0.4 is 5.32 Å². The molecular weight excluding hydrogens is 547 g/mol. The van der Waals surface area contributed by atoms with Gasteiger partial charge in [0, 0.05) is 30.0 Å². The molecule has 2 atom stereocenters. The van der Waals surface area contributed by atoms with Crippen LogP contribution >= 0.6 is 0 Å². The molecule has 0 spiro atoms. The number of para-hydroxylation sites is 1. The molecule has 43 heavy (non-hydrogen) atoms. The number of nitrogens with one attached hydrogen (secondary N) is 1. The van der Waals surface area contributed by atoms with Crippen molar-refractivity contribution in [3.63, 3.8) is 0 Å². The van der Waals surface area contributed by atoms with Crippen LogP contribution in [0.5, 0.6) is 0 Å². The lowest BCUT2D eigenvalue weighted by molar-refractivity contribution is -0.139. The molecular formula is C35H41FN2O5. The number of carboxylic acid groups (broad SMARTS) is 1. The van der Waals surface area contributed by atoms with Gasteiger partial charge in [0.2, 0.25) is 0 Å². The Balaban J connectivity index is 2.16. The van der Waals surface area contributed by atoms with Crippen molar-refractivity contribution in [3.05, 3.63) is 119 Å². The van der Waals surface area contributed by atoms with Crippen LogP contribution in [0.25, 0.3) is 6.08 Å². The summed E-state index contributed by atoms with van der Waals surface area (Å²) in [5.41, 5.74) is 4.38. The lowest BCUT2D eigenvalue weighted by Crippen LogP contribution is -2.22. The van der Waals surface area contributed by atoms with Gasteiger partial charge in [0.1, 0.15) is 5.83 Å². The number of benzene rings is 2. The van der Waals surface area contributed by atoms with E-state index in [0.717, 1.165) is 16.8 Å². The van der Waals surface area contributed by atoms with Gasteiger partial charge in [0.05, 0.1) is 24.2 Å². The summed E-state index contributed by atoms with van der Waals surface area (Å²) < 4.78 is 16.2. The number of anilines is 1. The zero-order chi connectivity index (χ0) is 31.4. The molecule has 228 valence electrons. The fourth-order valence-electron chi connectivity index (χ4n) is 5.13. The first kappa shape index (κ1) is 33.2. The number of aromatic nitrogens is 1. The van der Waals surface area contributed by atoms with Gasteiger partial charge in [-0.1, -0.05) is 74.5 Å². The van der Waals surface area contributed by atoms with Crippen molar-refractivity contribution in [1.82, 2.24) is 4.57 Å². The third-order valence-corrected chi connectivity index (χ3v) is 6.95. The van der Waals surface area contributed by atoms with Crippen LogP contribution in [0.15, 0.2) is 90.8 Å². The van der Waals surface area contributed by atoms with E-state index >= 15 is 0 Å². The molecule has 2 aromatic carbocycles. The Morgan fingerprint density at radius 2 is 1.65 bits per heavy atom. The average molecular weight is 589 g/mol. The number of aliphatic hydroxyl groups is 2. The van der Waals surface area contributed by atoms with Crippen molar-refractivity contribution in [2.24, 2.45) is 0 Å².